The van der Waals surface area contributed by atoms with Crippen LogP contribution in [-0.2, 0) is 0 Å². The molecule has 0 spiro atoms. The van der Waals surface area contributed by atoms with E-state index >= 15 is 0 Å². The number of rotatable bonds is 4. The molecule has 1 aliphatic heterocycles. The van der Waals surface area contributed by atoms with E-state index < -0.39 is 0 Å². The highest BCUT2D eigenvalue weighted by Crippen LogP contribution is 2.25. The maximum absolute atomic E-state index is 5.90. The van der Waals surface area contributed by atoms with Gasteiger partial charge in [-0.15, -0.1) is 0 Å². The number of nitrogens with zero attached hydrogens (tertiary/aromatic N) is 1. The van der Waals surface area contributed by atoms with Gasteiger partial charge in [-0.3, -0.25) is 4.90 Å². The van der Waals surface area contributed by atoms with Crippen molar-refractivity contribution in [3.8, 4) is 5.75 Å². The molecule has 3 nitrogen and oxygen atoms in total. The summed E-state index contributed by atoms with van der Waals surface area (Å²) in [5.41, 5.74) is 6.46. The molecule has 0 atom stereocenters. The predicted molar refractivity (Wildman–Crippen MR) is 71.7 cm³/mol. The Morgan fingerprint density at radius 1 is 1.24 bits per heavy atom. The van der Waals surface area contributed by atoms with Gasteiger partial charge >= 0.3 is 0 Å². The summed E-state index contributed by atoms with van der Waals surface area (Å²) in [7, 11) is 0. The van der Waals surface area contributed by atoms with Gasteiger partial charge in [0.15, 0.2) is 0 Å². The maximum Gasteiger partial charge on any atom is 0.143 e. The van der Waals surface area contributed by atoms with Gasteiger partial charge in [-0.05, 0) is 38.1 Å². The monoisotopic (exact) mass is 254 g/mol. The zero-order valence-electron chi connectivity index (χ0n) is 9.99. The van der Waals surface area contributed by atoms with Gasteiger partial charge in [0.25, 0.3) is 0 Å². The fourth-order valence-corrected chi connectivity index (χ4v) is 2.26. The first-order valence-corrected chi connectivity index (χ1v) is 6.54. The van der Waals surface area contributed by atoms with E-state index in [9.17, 15) is 0 Å². The van der Waals surface area contributed by atoms with Gasteiger partial charge in [0.2, 0.25) is 0 Å². The summed E-state index contributed by atoms with van der Waals surface area (Å²) < 4.78 is 5.67. The average Bonchev–Trinajstić information content (AvgIpc) is 2.35. The normalized spacial score (nSPS) is 17.0. The van der Waals surface area contributed by atoms with E-state index in [2.05, 4.69) is 4.90 Å². The molecule has 0 unspecified atom stereocenters. The average molecular weight is 255 g/mol. The largest absolute Gasteiger partial charge is 0.490 e. The van der Waals surface area contributed by atoms with E-state index in [1.165, 1.54) is 32.4 Å². The standard InChI is InChI=1S/C13H19ClN2O/c14-11-4-5-12(15)13(10-11)17-9-8-16-6-2-1-3-7-16/h4-5,10H,1-3,6-9,15H2. The highest BCUT2D eigenvalue weighted by molar-refractivity contribution is 6.30. The molecule has 2 N–H and O–H groups in total. The molecule has 0 radical (unpaired) electrons. The predicted octanol–water partition coefficient (Wildman–Crippen LogP) is 2.79. The lowest BCUT2D eigenvalue weighted by Crippen LogP contribution is -2.33. The molecule has 1 saturated heterocycles. The van der Waals surface area contributed by atoms with Crippen LogP contribution in [0.1, 0.15) is 19.3 Å². The second kappa shape index (κ2) is 6.12. The fraction of sp³-hybridized carbons (Fsp3) is 0.538. The van der Waals surface area contributed by atoms with Crippen LogP contribution in [0.4, 0.5) is 5.69 Å². The SMILES string of the molecule is Nc1ccc(Cl)cc1OCCN1CCCCC1. The van der Waals surface area contributed by atoms with Gasteiger partial charge < -0.3 is 10.5 Å². The van der Waals surface area contributed by atoms with Crippen molar-refractivity contribution in [2.45, 2.75) is 19.3 Å². The van der Waals surface area contributed by atoms with E-state index in [0.29, 0.717) is 23.1 Å². The molecule has 0 amide bonds. The lowest BCUT2D eigenvalue weighted by atomic mass is 10.1. The number of hydrogen-bond acceptors (Lipinski definition) is 3. The van der Waals surface area contributed by atoms with E-state index in [1.807, 2.05) is 0 Å². The summed E-state index contributed by atoms with van der Waals surface area (Å²) in [6.45, 7) is 4.01. The molecule has 1 aliphatic rings. The first-order valence-electron chi connectivity index (χ1n) is 6.16. The Labute approximate surface area is 107 Å². The van der Waals surface area contributed by atoms with Gasteiger partial charge in [0.05, 0.1) is 5.69 Å². The van der Waals surface area contributed by atoms with E-state index in [1.54, 1.807) is 18.2 Å². The highest BCUT2D eigenvalue weighted by Gasteiger charge is 2.10. The third kappa shape index (κ3) is 3.79. The molecular weight excluding hydrogens is 236 g/mol. The van der Waals surface area contributed by atoms with Crippen molar-refractivity contribution in [1.29, 1.82) is 0 Å². The molecule has 94 valence electrons. The summed E-state index contributed by atoms with van der Waals surface area (Å²) in [5, 5.41) is 0.659. The van der Waals surface area contributed by atoms with E-state index in [0.717, 1.165) is 6.54 Å². The number of piperidine rings is 1. The zero-order valence-corrected chi connectivity index (χ0v) is 10.7. The van der Waals surface area contributed by atoms with Crippen LogP contribution in [-0.4, -0.2) is 31.1 Å². The number of hydrogen-bond donors (Lipinski definition) is 1. The first kappa shape index (κ1) is 12.5. The van der Waals surface area contributed by atoms with Crippen LogP contribution in [0.5, 0.6) is 5.75 Å². The number of halogens is 1. The molecule has 0 aromatic heterocycles. The number of likely N-dealkylation sites (tertiary alicyclic amines) is 1. The number of nitrogen functional groups attached to an aromatic ring is 1. The van der Waals surface area contributed by atoms with E-state index in [-0.39, 0.29) is 0 Å². The Bertz CT molecular complexity index is 364. The summed E-state index contributed by atoms with van der Waals surface area (Å²) in [5.74, 6) is 0.689. The summed E-state index contributed by atoms with van der Waals surface area (Å²) >= 11 is 5.90. The Kier molecular flexibility index (Phi) is 4.51. The van der Waals surface area contributed by atoms with Crippen molar-refractivity contribution < 1.29 is 4.74 Å². The van der Waals surface area contributed by atoms with Gasteiger partial charge in [-0.25, -0.2) is 0 Å². The maximum atomic E-state index is 5.90. The van der Waals surface area contributed by atoms with Crippen LogP contribution >= 0.6 is 11.6 Å². The summed E-state index contributed by atoms with van der Waals surface area (Å²) in [6, 6.07) is 5.32. The van der Waals surface area contributed by atoms with Crippen LogP contribution in [0.15, 0.2) is 18.2 Å². The van der Waals surface area contributed by atoms with Crippen LogP contribution in [0.3, 0.4) is 0 Å². The van der Waals surface area contributed by atoms with Crippen molar-refractivity contribution in [2.24, 2.45) is 0 Å². The van der Waals surface area contributed by atoms with Crippen LogP contribution in [0.2, 0.25) is 5.02 Å². The van der Waals surface area contributed by atoms with Gasteiger partial charge in [-0.1, -0.05) is 18.0 Å². The van der Waals surface area contributed by atoms with Crippen LogP contribution < -0.4 is 10.5 Å². The third-order valence-electron chi connectivity index (χ3n) is 3.09. The molecule has 4 heteroatoms. The quantitative estimate of drug-likeness (QED) is 0.840. The number of benzene rings is 1. The smallest absolute Gasteiger partial charge is 0.143 e. The molecule has 0 bridgehead atoms. The van der Waals surface area contributed by atoms with Gasteiger partial charge in [0, 0.05) is 17.6 Å². The molecule has 1 aromatic carbocycles. The van der Waals surface area contributed by atoms with Crippen molar-refractivity contribution >= 4 is 17.3 Å². The Morgan fingerprint density at radius 3 is 2.76 bits per heavy atom. The second-order valence-electron chi connectivity index (χ2n) is 4.43. The number of anilines is 1. The van der Waals surface area contributed by atoms with Gasteiger partial charge in [0.1, 0.15) is 12.4 Å². The number of ether oxygens (including phenoxy) is 1. The Morgan fingerprint density at radius 2 is 2.00 bits per heavy atom. The molecule has 0 saturated carbocycles. The molecule has 0 aliphatic carbocycles. The zero-order chi connectivity index (χ0) is 12.1. The van der Waals surface area contributed by atoms with E-state index in [4.69, 9.17) is 22.1 Å². The topological polar surface area (TPSA) is 38.5 Å². The van der Waals surface area contributed by atoms with Gasteiger partial charge in [-0.2, -0.15) is 0 Å². The summed E-state index contributed by atoms with van der Waals surface area (Å²) in [4.78, 5) is 2.43. The first-order chi connectivity index (χ1) is 8.25. The molecular formula is C13H19ClN2O. The highest BCUT2D eigenvalue weighted by atomic mass is 35.5. The Balaban J connectivity index is 1.79. The number of nitrogens with two attached hydrogens (primary N) is 1. The second-order valence-corrected chi connectivity index (χ2v) is 4.87. The fourth-order valence-electron chi connectivity index (χ4n) is 2.10. The Hall–Kier alpha value is -0.930. The van der Waals surface area contributed by atoms with Crippen molar-refractivity contribution in [1.82, 2.24) is 4.90 Å². The lowest BCUT2D eigenvalue weighted by molar-refractivity contribution is 0.184. The third-order valence-corrected chi connectivity index (χ3v) is 3.32. The van der Waals surface area contributed by atoms with Crippen molar-refractivity contribution in [3.05, 3.63) is 23.2 Å². The molecule has 1 heterocycles. The van der Waals surface area contributed by atoms with Crippen molar-refractivity contribution in [2.75, 3.05) is 32.0 Å². The van der Waals surface area contributed by atoms with Crippen LogP contribution in [0.25, 0.3) is 0 Å². The molecule has 17 heavy (non-hydrogen) atoms. The minimum Gasteiger partial charge on any atom is -0.490 e. The minimum atomic E-state index is 0.646. The molecule has 1 fully saturated rings. The molecule has 2 rings (SSSR count). The minimum absolute atomic E-state index is 0.646. The van der Waals surface area contributed by atoms with Crippen molar-refractivity contribution in [3.63, 3.8) is 0 Å². The molecule has 1 aromatic rings. The van der Waals surface area contributed by atoms with Crippen LogP contribution in [0, 0.1) is 0 Å². The summed E-state index contributed by atoms with van der Waals surface area (Å²) in [6.07, 6.45) is 3.97. The lowest BCUT2D eigenvalue weighted by Gasteiger charge is -2.26.